The molecule has 1 rings (SSSR count). The first-order chi connectivity index (χ1) is 9.40. The lowest BCUT2D eigenvalue weighted by atomic mass is 9.94. The third kappa shape index (κ3) is 4.67. The summed E-state index contributed by atoms with van der Waals surface area (Å²) >= 11 is 0. The predicted molar refractivity (Wildman–Crippen MR) is 77.3 cm³/mol. The fourth-order valence-corrected chi connectivity index (χ4v) is 2.61. The van der Waals surface area contributed by atoms with Gasteiger partial charge in [-0.2, -0.15) is 0 Å². The summed E-state index contributed by atoms with van der Waals surface area (Å²) in [6.45, 7) is 7.12. The van der Waals surface area contributed by atoms with Crippen LogP contribution < -0.4 is 11.1 Å². The summed E-state index contributed by atoms with van der Waals surface area (Å²) in [5.74, 6) is -0.0327. The molecule has 0 aromatic heterocycles. The molecule has 1 aliphatic heterocycles. The first kappa shape index (κ1) is 16.8. The largest absolute Gasteiger partial charge is 0.450 e. The maximum atomic E-state index is 12.4. The highest BCUT2D eigenvalue weighted by Gasteiger charge is 2.34. The fourth-order valence-electron chi connectivity index (χ4n) is 2.61. The molecule has 6 heteroatoms. The first-order valence-corrected chi connectivity index (χ1v) is 7.42. The van der Waals surface area contributed by atoms with Gasteiger partial charge in [-0.1, -0.05) is 13.3 Å². The Morgan fingerprint density at radius 1 is 1.45 bits per heavy atom. The van der Waals surface area contributed by atoms with Crippen molar-refractivity contribution in [3.63, 3.8) is 0 Å². The van der Waals surface area contributed by atoms with Gasteiger partial charge in [0.15, 0.2) is 0 Å². The fraction of sp³-hybridized carbons (Fsp3) is 0.857. The van der Waals surface area contributed by atoms with Crippen LogP contribution in [0.3, 0.4) is 0 Å². The molecule has 0 aliphatic carbocycles. The molecule has 0 aromatic carbocycles. The van der Waals surface area contributed by atoms with Gasteiger partial charge in [0.2, 0.25) is 5.91 Å². The number of nitrogens with two attached hydrogens (primary N) is 1. The van der Waals surface area contributed by atoms with Crippen LogP contribution in [0.5, 0.6) is 0 Å². The van der Waals surface area contributed by atoms with Crippen molar-refractivity contribution in [2.24, 2.45) is 5.73 Å². The van der Waals surface area contributed by atoms with Crippen molar-refractivity contribution < 1.29 is 14.3 Å². The molecule has 3 N–H and O–H groups in total. The maximum Gasteiger partial charge on any atom is 0.407 e. The number of rotatable bonds is 5. The van der Waals surface area contributed by atoms with Crippen LogP contribution in [-0.4, -0.2) is 48.2 Å². The van der Waals surface area contributed by atoms with E-state index >= 15 is 0 Å². The zero-order valence-corrected chi connectivity index (χ0v) is 12.8. The minimum atomic E-state index is -0.819. The van der Waals surface area contributed by atoms with Crippen molar-refractivity contribution in [3.8, 4) is 0 Å². The lowest BCUT2D eigenvalue weighted by Gasteiger charge is -2.37. The van der Waals surface area contributed by atoms with Gasteiger partial charge in [0.05, 0.1) is 12.1 Å². The number of alkyl carbamates (subject to hydrolysis) is 1. The van der Waals surface area contributed by atoms with Crippen LogP contribution in [-0.2, 0) is 9.53 Å². The topological polar surface area (TPSA) is 84.7 Å². The van der Waals surface area contributed by atoms with Gasteiger partial charge in [-0.15, -0.1) is 0 Å². The Kier molecular flexibility index (Phi) is 6.26. The van der Waals surface area contributed by atoms with Gasteiger partial charge in [-0.3, -0.25) is 4.79 Å². The Morgan fingerprint density at radius 3 is 2.75 bits per heavy atom. The minimum Gasteiger partial charge on any atom is -0.450 e. The summed E-state index contributed by atoms with van der Waals surface area (Å²) < 4.78 is 4.87. The van der Waals surface area contributed by atoms with E-state index < -0.39 is 11.6 Å². The van der Waals surface area contributed by atoms with Crippen LogP contribution in [0.4, 0.5) is 4.79 Å². The third-order valence-corrected chi connectivity index (χ3v) is 3.56. The summed E-state index contributed by atoms with van der Waals surface area (Å²) in [5, 5.41) is 2.79. The molecule has 0 radical (unpaired) electrons. The standard InChI is InChI=1S/C14H27N3O3/c1-4-8-14(3,15)12(18)17-9-6-7-11(10-17)16-13(19)20-5-2/h11H,4-10,15H2,1-3H3,(H,16,19). The Labute approximate surface area is 121 Å². The van der Waals surface area contributed by atoms with Crippen LogP contribution in [0.15, 0.2) is 0 Å². The monoisotopic (exact) mass is 285 g/mol. The summed E-state index contributed by atoms with van der Waals surface area (Å²) in [6.07, 6.45) is 2.84. The molecule has 0 aromatic rings. The lowest BCUT2D eigenvalue weighted by molar-refractivity contribution is -0.138. The van der Waals surface area contributed by atoms with Crippen LogP contribution in [0, 0.1) is 0 Å². The Hall–Kier alpha value is -1.30. The zero-order valence-electron chi connectivity index (χ0n) is 12.8. The van der Waals surface area contributed by atoms with Crippen molar-refractivity contribution in [3.05, 3.63) is 0 Å². The molecule has 0 saturated carbocycles. The lowest BCUT2D eigenvalue weighted by Crippen LogP contribution is -2.58. The normalized spacial score (nSPS) is 22.0. The average molecular weight is 285 g/mol. The quantitative estimate of drug-likeness (QED) is 0.796. The second kappa shape index (κ2) is 7.47. The number of nitrogens with one attached hydrogen (secondary N) is 1. The second-order valence-electron chi connectivity index (χ2n) is 5.62. The molecule has 2 unspecified atom stereocenters. The molecule has 1 saturated heterocycles. The van der Waals surface area contributed by atoms with Gasteiger partial charge in [-0.05, 0) is 33.1 Å². The van der Waals surface area contributed by atoms with Gasteiger partial charge in [0.25, 0.3) is 0 Å². The van der Waals surface area contributed by atoms with E-state index in [1.807, 2.05) is 6.92 Å². The van der Waals surface area contributed by atoms with Crippen molar-refractivity contribution in [2.45, 2.75) is 58.0 Å². The van der Waals surface area contributed by atoms with Gasteiger partial charge in [0.1, 0.15) is 0 Å². The molecule has 1 heterocycles. The Bertz CT molecular complexity index is 345. The zero-order chi connectivity index (χ0) is 15.2. The van der Waals surface area contributed by atoms with E-state index in [0.717, 1.165) is 19.3 Å². The third-order valence-electron chi connectivity index (χ3n) is 3.56. The van der Waals surface area contributed by atoms with Crippen LogP contribution in [0.1, 0.15) is 46.5 Å². The predicted octanol–water partition coefficient (Wildman–Crippen LogP) is 1.24. The highest BCUT2D eigenvalue weighted by molar-refractivity contribution is 5.85. The molecule has 116 valence electrons. The molecule has 1 fully saturated rings. The summed E-state index contributed by atoms with van der Waals surface area (Å²) in [5.41, 5.74) is 5.27. The molecular formula is C14H27N3O3. The molecule has 2 amide bonds. The first-order valence-electron chi connectivity index (χ1n) is 7.42. The molecule has 1 aliphatic rings. The van der Waals surface area contributed by atoms with Crippen molar-refractivity contribution in [2.75, 3.05) is 19.7 Å². The SMILES string of the molecule is CCCC(C)(N)C(=O)N1CCCC(NC(=O)OCC)C1. The van der Waals surface area contributed by atoms with E-state index in [2.05, 4.69) is 5.32 Å². The van der Waals surface area contributed by atoms with Crippen LogP contribution in [0.2, 0.25) is 0 Å². The highest BCUT2D eigenvalue weighted by atomic mass is 16.5. The molecular weight excluding hydrogens is 258 g/mol. The second-order valence-corrected chi connectivity index (χ2v) is 5.62. The van der Waals surface area contributed by atoms with Gasteiger partial charge < -0.3 is 20.7 Å². The molecule has 2 atom stereocenters. The number of hydrogen-bond donors (Lipinski definition) is 2. The minimum absolute atomic E-state index is 0.0327. The molecule has 20 heavy (non-hydrogen) atoms. The van der Waals surface area contributed by atoms with Crippen molar-refractivity contribution in [1.82, 2.24) is 10.2 Å². The van der Waals surface area contributed by atoms with Gasteiger partial charge in [-0.25, -0.2) is 4.79 Å². The number of carbonyl (C=O) groups excluding carboxylic acids is 2. The number of hydrogen-bond acceptors (Lipinski definition) is 4. The summed E-state index contributed by atoms with van der Waals surface area (Å²) in [7, 11) is 0. The van der Waals surface area contributed by atoms with E-state index in [-0.39, 0.29) is 11.9 Å². The van der Waals surface area contributed by atoms with E-state index in [4.69, 9.17) is 10.5 Å². The van der Waals surface area contributed by atoms with Crippen molar-refractivity contribution in [1.29, 1.82) is 0 Å². The maximum absolute atomic E-state index is 12.4. The van der Waals surface area contributed by atoms with E-state index in [1.165, 1.54) is 0 Å². The number of ether oxygens (including phenoxy) is 1. The van der Waals surface area contributed by atoms with Gasteiger partial charge in [0, 0.05) is 19.1 Å². The van der Waals surface area contributed by atoms with Crippen LogP contribution in [0.25, 0.3) is 0 Å². The van der Waals surface area contributed by atoms with Crippen LogP contribution >= 0.6 is 0 Å². The highest BCUT2D eigenvalue weighted by Crippen LogP contribution is 2.17. The van der Waals surface area contributed by atoms with E-state index in [0.29, 0.717) is 26.1 Å². The summed E-state index contributed by atoms with van der Waals surface area (Å²) in [4.78, 5) is 25.6. The Morgan fingerprint density at radius 2 is 2.15 bits per heavy atom. The molecule has 6 nitrogen and oxygen atoms in total. The number of amides is 2. The molecule has 0 bridgehead atoms. The van der Waals surface area contributed by atoms with Gasteiger partial charge >= 0.3 is 6.09 Å². The van der Waals surface area contributed by atoms with E-state index in [9.17, 15) is 9.59 Å². The Balaban J connectivity index is 2.56. The number of carbonyl (C=O) groups is 2. The number of likely N-dealkylation sites (tertiary alicyclic amines) is 1. The smallest absolute Gasteiger partial charge is 0.407 e. The van der Waals surface area contributed by atoms with E-state index in [1.54, 1.807) is 18.7 Å². The molecule has 0 spiro atoms. The summed E-state index contributed by atoms with van der Waals surface area (Å²) in [6, 6.07) is -0.0517. The average Bonchev–Trinajstić information content (AvgIpc) is 2.38. The number of nitrogens with zero attached hydrogens (tertiary/aromatic N) is 1. The number of piperidine rings is 1. The van der Waals surface area contributed by atoms with Crippen molar-refractivity contribution >= 4 is 12.0 Å².